The van der Waals surface area contributed by atoms with Gasteiger partial charge in [-0.15, -0.1) is 0 Å². The van der Waals surface area contributed by atoms with Gasteiger partial charge >= 0.3 is 0 Å². The molecule has 110 valence electrons. The maximum atomic E-state index is 6.79. The first-order valence-corrected chi connectivity index (χ1v) is 7.81. The van der Waals surface area contributed by atoms with E-state index in [1.54, 1.807) is 0 Å². The smallest absolute Gasteiger partial charge is 0.124 e. The first kappa shape index (κ1) is 14.2. The fraction of sp³-hybridized carbons (Fsp3) is 0.368. The zero-order valence-electron chi connectivity index (χ0n) is 12.6. The molecule has 0 heterocycles. The van der Waals surface area contributed by atoms with Gasteiger partial charge in [-0.3, -0.25) is 0 Å². The zero-order chi connectivity index (χ0) is 14.7. The molecule has 0 radical (unpaired) electrons. The lowest BCUT2D eigenvalue weighted by Gasteiger charge is -2.36. The third kappa shape index (κ3) is 2.81. The Kier molecular flexibility index (Phi) is 3.98. The van der Waals surface area contributed by atoms with E-state index >= 15 is 0 Å². The predicted octanol–water partition coefficient (Wildman–Crippen LogP) is 3.82. The van der Waals surface area contributed by atoms with E-state index in [0.29, 0.717) is 0 Å². The number of ether oxygens (including phenoxy) is 1. The van der Waals surface area contributed by atoms with Crippen molar-refractivity contribution < 1.29 is 4.74 Å². The molecule has 0 fully saturated rings. The van der Waals surface area contributed by atoms with Crippen molar-refractivity contribution in [3.05, 3.63) is 65.2 Å². The van der Waals surface area contributed by atoms with E-state index in [4.69, 9.17) is 10.5 Å². The second-order valence-corrected chi connectivity index (χ2v) is 5.95. The van der Waals surface area contributed by atoms with Crippen LogP contribution >= 0.6 is 0 Å². The van der Waals surface area contributed by atoms with Crippen molar-refractivity contribution in [3.63, 3.8) is 0 Å². The summed E-state index contributed by atoms with van der Waals surface area (Å²) in [7, 11) is 0. The standard InChI is InChI=1S/C19H23NO/c1-2-13-21-18-10-6-5-9-17(18)19(20)12-11-15-7-3-4-8-16(15)14-19/h3-10H,2,11-14,20H2,1H3. The van der Waals surface area contributed by atoms with Crippen LogP contribution in [0.25, 0.3) is 0 Å². The molecule has 2 aromatic rings. The quantitative estimate of drug-likeness (QED) is 0.924. The van der Waals surface area contributed by atoms with Crippen molar-refractivity contribution in [2.24, 2.45) is 5.73 Å². The van der Waals surface area contributed by atoms with Crippen LogP contribution in [0.3, 0.4) is 0 Å². The Balaban J connectivity index is 1.93. The summed E-state index contributed by atoms with van der Waals surface area (Å²) >= 11 is 0. The van der Waals surface area contributed by atoms with Crippen LogP contribution < -0.4 is 10.5 Å². The molecular weight excluding hydrogens is 258 g/mol. The van der Waals surface area contributed by atoms with Crippen LogP contribution in [0.2, 0.25) is 0 Å². The lowest BCUT2D eigenvalue weighted by atomic mass is 9.74. The number of aryl methyl sites for hydroxylation is 1. The fourth-order valence-corrected chi connectivity index (χ4v) is 3.21. The zero-order valence-corrected chi connectivity index (χ0v) is 12.6. The van der Waals surface area contributed by atoms with E-state index < -0.39 is 0 Å². The fourth-order valence-electron chi connectivity index (χ4n) is 3.21. The van der Waals surface area contributed by atoms with Crippen LogP contribution in [-0.2, 0) is 18.4 Å². The largest absolute Gasteiger partial charge is 0.493 e. The highest BCUT2D eigenvalue weighted by molar-refractivity contribution is 5.43. The topological polar surface area (TPSA) is 35.2 Å². The Morgan fingerprint density at radius 3 is 2.57 bits per heavy atom. The minimum atomic E-state index is -0.321. The van der Waals surface area contributed by atoms with Gasteiger partial charge in [-0.05, 0) is 42.9 Å². The minimum absolute atomic E-state index is 0.321. The third-order valence-electron chi connectivity index (χ3n) is 4.35. The maximum Gasteiger partial charge on any atom is 0.124 e. The van der Waals surface area contributed by atoms with Gasteiger partial charge in [-0.1, -0.05) is 49.4 Å². The van der Waals surface area contributed by atoms with Gasteiger partial charge in [0.1, 0.15) is 5.75 Å². The van der Waals surface area contributed by atoms with E-state index in [1.807, 2.05) is 12.1 Å². The summed E-state index contributed by atoms with van der Waals surface area (Å²) in [6, 6.07) is 16.9. The molecule has 0 aromatic heterocycles. The van der Waals surface area contributed by atoms with Crippen LogP contribution in [-0.4, -0.2) is 6.61 Å². The first-order valence-electron chi connectivity index (χ1n) is 7.81. The number of nitrogens with two attached hydrogens (primary N) is 1. The first-order chi connectivity index (χ1) is 10.2. The summed E-state index contributed by atoms with van der Waals surface area (Å²) in [4.78, 5) is 0. The summed E-state index contributed by atoms with van der Waals surface area (Å²) < 4.78 is 5.91. The average molecular weight is 281 g/mol. The summed E-state index contributed by atoms with van der Waals surface area (Å²) in [5, 5.41) is 0. The van der Waals surface area contributed by atoms with E-state index in [-0.39, 0.29) is 5.54 Å². The van der Waals surface area contributed by atoms with Gasteiger partial charge in [-0.2, -0.15) is 0 Å². The summed E-state index contributed by atoms with van der Waals surface area (Å²) in [6.45, 7) is 2.86. The maximum absolute atomic E-state index is 6.79. The molecule has 1 unspecified atom stereocenters. The lowest BCUT2D eigenvalue weighted by Crippen LogP contribution is -2.42. The Morgan fingerprint density at radius 2 is 1.76 bits per heavy atom. The van der Waals surface area contributed by atoms with Gasteiger partial charge in [0.25, 0.3) is 0 Å². The van der Waals surface area contributed by atoms with Crippen LogP contribution in [0.4, 0.5) is 0 Å². The van der Waals surface area contributed by atoms with Crippen LogP contribution in [0, 0.1) is 0 Å². The average Bonchev–Trinajstić information content (AvgIpc) is 2.53. The molecule has 0 saturated heterocycles. The molecule has 0 aliphatic heterocycles. The van der Waals surface area contributed by atoms with Gasteiger partial charge < -0.3 is 10.5 Å². The van der Waals surface area contributed by atoms with Crippen molar-refractivity contribution in [3.8, 4) is 5.75 Å². The number of hydrogen-bond donors (Lipinski definition) is 1. The number of para-hydroxylation sites is 1. The van der Waals surface area contributed by atoms with Crippen molar-refractivity contribution >= 4 is 0 Å². The third-order valence-corrected chi connectivity index (χ3v) is 4.35. The van der Waals surface area contributed by atoms with Crippen molar-refractivity contribution in [1.29, 1.82) is 0 Å². The van der Waals surface area contributed by atoms with E-state index in [9.17, 15) is 0 Å². The van der Waals surface area contributed by atoms with Gasteiger partial charge in [-0.25, -0.2) is 0 Å². The second kappa shape index (κ2) is 5.90. The molecule has 0 amide bonds. The summed E-state index contributed by atoms with van der Waals surface area (Å²) in [5.74, 6) is 0.946. The number of hydrogen-bond acceptors (Lipinski definition) is 2. The highest BCUT2D eigenvalue weighted by Crippen LogP contribution is 2.38. The second-order valence-electron chi connectivity index (χ2n) is 5.95. The summed E-state index contributed by atoms with van der Waals surface area (Å²) in [5.41, 5.74) is 10.4. The molecule has 0 spiro atoms. The molecule has 2 heteroatoms. The molecule has 0 saturated carbocycles. The normalized spacial score (nSPS) is 20.9. The summed E-state index contributed by atoms with van der Waals surface area (Å²) in [6.07, 6.45) is 3.90. The van der Waals surface area contributed by atoms with Gasteiger partial charge in [0, 0.05) is 11.1 Å². The van der Waals surface area contributed by atoms with E-state index in [2.05, 4.69) is 43.3 Å². The Hall–Kier alpha value is -1.80. The molecule has 3 rings (SSSR count). The SMILES string of the molecule is CCCOc1ccccc1C1(N)CCc2ccccc2C1. The van der Waals surface area contributed by atoms with Gasteiger partial charge in [0.15, 0.2) is 0 Å². The Morgan fingerprint density at radius 1 is 1.05 bits per heavy atom. The monoisotopic (exact) mass is 281 g/mol. The number of benzene rings is 2. The molecule has 1 atom stereocenters. The van der Waals surface area contributed by atoms with Gasteiger partial charge in [0.05, 0.1) is 6.61 Å². The number of rotatable bonds is 4. The molecule has 0 bridgehead atoms. The molecule has 2 N–H and O–H groups in total. The Labute approximate surface area is 126 Å². The number of fused-ring (bicyclic) bond motifs is 1. The molecule has 1 aliphatic rings. The van der Waals surface area contributed by atoms with E-state index in [1.165, 1.54) is 11.1 Å². The molecular formula is C19H23NO. The van der Waals surface area contributed by atoms with Crippen LogP contribution in [0.1, 0.15) is 36.5 Å². The van der Waals surface area contributed by atoms with Crippen LogP contribution in [0.15, 0.2) is 48.5 Å². The van der Waals surface area contributed by atoms with Gasteiger partial charge in [0.2, 0.25) is 0 Å². The van der Waals surface area contributed by atoms with Crippen molar-refractivity contribution in [2.45, 2.75) is 38.1 Å². The minimum Gasteiger partial charge on any atom is -0.493 e. The highest BCUT2D eigenvalue weighted by atomic mass is 16.5. The Bertz CT molecular complexity index is 622. The molecule has 21 heavy (non-hydrogen) atoms. The molecule has 2 nitrogen and oxygen atoms in total. The van der Waals surface area contributed by atoms with Crippen LogP contribution in [0.5, 0.6) is 5.75 Å². The molecule has 1 aliphatic carbocycles. The highest BCUT2D eigenvalue weighted by Gasteiger charge is 2.34. The van der Waals surface area contributed by atoms with Crippen molar-refractivity contribution in [2.75, 3.05) is 6.61 Å². The van der Waals surface area contributed by atoms with E-state index in [0.717, 1.165) is 43.6 Å². The van der Waals surface area contributed by atoms with Crippen molar-refractivity contribution in [1.82, 2.24) is 0 Å². The molecule has 2 aromatic carbocycles. The lowest BCUT2D eigenvalue weighted by molar-refractivity contribution is 0.295. The predicted molar refractivity (Wildman–Crippen MR) is 86.6 cm³/mol.